The van der Waals surface area contributed by atoms with Gasteiger partial charge in [0.05, 0.1) is 0 Å². The van der Waals surface area contributed by atoms with Gasteiger partial charge in [0.1, 0.15) is 0 Å². The Bertz CT molecular complexity index is 425. The lowest BCUT2D eigenvalue weighted by atomic mass is 9.83. The Morgan fingerprint density at radius 2 is 2.11 bits per heavy atom. The molecule has 1 amide bonds. The molecule has 1 aliphatic rings. The number of carbonyl (C=O) groups excluding carboxylic acids is 1. The van der Waals surface area contributed by atoms with E-state index in [4.69, 9.17) is 5.84 Å². The van der Waals surface area contributed by atoms with Crippen molar-refractivity contribution in [3.8, 4) is 0 Å². The fraction of sp³-hybridized carbons (Fsp3) is 0.615. The lowest BCUT2D eigenvalue weighted by Gasteiger charge is -2.27. The summed E-state index contributed by atoms with van der Waals surface area (Å²) in [5.41, 5.74) is 2.98. The zero-order valence-electron chi connectivity index (χ0n) is 11.3. The van der Waals surface area contributed by atoms with Crippen LogP contribution in [0.25, 0.3) is 0 Å². The molecule has 1 heterocycles. The van der Waals surface area contributed by atoms with Crippen LogP contribution < -0.4 is 16.6 Å². The molecule has 0 aromatic carbocycles. The van der Waals surface area contributed by atoms with E-state index in [1.807, 2.05) is 0 Å². The maximum Gasteiger partial charge on any atom is 0.271 e. The summed E-state index contributed by atoms with van der Waals surface area (Å²) < 4.78 is 0. The lowest BCUT2D eigenvalue weighted by molar-refractivity contribution is 0.0923. The Balaban J connectivity index is 1.93. The summed E-state index contributed by atoms with van der Waals surface area (Å²) in [6.45, 7) is 2.92. The first-order chi connectivity index (χ1) is 9.19. The van der Waals surface area contributed by atoms with Gasteiger partial charge in [-0.1, -0.05) is 19.8 Å². The Labute approximate surface area is 113 Å². The molecule has 0 saturated heterocycles. The van der Waals surface area contributed by atoms with E-state index in [9.17, 15) is 4.79 Å². The van der Waals surface area contributed by atoms with Crippen LogP contribution in [0.2, 0.25) is 0 Å². The van der Waals surface area contributed by atoms with E-state index in [-0.39, 0.29) is 11.3 Å². The number of rotatable bonds is 5. The van der Waals surface area contributed by atoms with E-state index >= 15 is 0 Å². The van der Waals surface area contributed by atoms with Crippen molar-refractivity contribution in [2.45, 2.75) is 39.0 Å². The number of hydrogen-bond acceptors (Lipinski definition) is 5. The van der Waals surface area contributed by atoms with Crippen LogP contribution in [-0.2, 0) is 0 Å². The van der Waals surface area contributed by atoms with Crippen LogP contribution in [-0.4, -0.2) is 22.6 Å². The Hall–Kier alpha value is -1.69. The van der Waals surface area contributed by atoms with Gasteiger partial charge in [0.2, 0.25) is 0 Å². The minimum Gasteiger partial charge on any atom is -0.350 e. The highest BCUT2D eigenvalue weighted by molar-refractivity contribution is 5.92. The molecule has 0 aliphatic heterocycles. The maximum absolute atomic E-state index is 12.0. The van der Waals surface area contributed by atoms with Crippen molar-refractivity contribution in [2.24, 2.45) is 11.3 Å². The second kappa shape index (κ2) is 5.97. The van der Waals surface area contributed by atoms with Crippen LogP contribution in [0.5, 0.6) is 0 Å². The Morgan fingerprint density at radius 1 is 1.37 bits per heavy atom. The number of nitrogen functional groups attached to an aromatic ring is 1. The van der Waals surface area contributed by atoms with E-state index in [1.165, 1.54) is 25.7 Å². The third-order valence-corrected chi connectivity index (χ3v) is 4.08. The number of nitrogens with zero attached hydrogens (tertiary/aromatic N) is 2. The van der Waals surface area contributed by atoms with Gasteiger partial charge in [-0.05, 0) is 36.8 Å². The van der Waals surface area contributed by atoms with Crippen molar-refractivity contribution in [3.05, 3.63) is 17.8 Å². The maximum atomic E-state index is 12.0. The number of aromatic nitrogens is 2. The Morgan fingerprint density at radius 3 is 2.63 bits per heavy atom. The summed E-state index contributed by atoms with van der Waals surface area (Å²) in [6, 6.07) is 3.25. The van der Waals surface area contributed by atoms with Crippen LogP contribution in [0.4, 0.5) is 5.82 Å². The van der Waals surface area contributed by atoms with Crippen LogP contribution >= 0.6 is 0 Å². The predicted octanol–water partition coefficient (Wildman–Crippen LogP) is 1.46. The third-order valence-electron chi connectivity index (χ3n) is 4.08. The van der Waals surface area contributed by atoms with Gasteiger partial charge in [-0.15, -0.1) is 10.2 Å². The largest absolute Gasteiger partial charge is 0.350 e. The number of hydrogen-bond donors (Lipinski definition) is 3. The van der Waals surface area contributed by atoms with Gasteiger partial charge in [0.15, 0.2) is 11.5 Å². The minimum atomic E-state index is -0.171. The average molecular weight is 263 g/mol. The van der Waals surface area contributed by atoms with Gasteiger partial charge >= 0.3 is 0 Å². The molecule has 0 unspecified atom stereocenters. The molecule has 6 heteroatoms. The van der Waals surface area contributed by atoms with Crippen molar-refractivity contribution in [2.75, 3.05) is 12.0 Å². The van der Waals surface area contributed by atoms with Gasteiger partial charge in [0, 0.05) is 6.54 Å². The number of hydrazine groups is 1. The molecule has 4 N–H and O–H groups in total. The molecule has 2 rings (SSSR count). The van der Waals surface area contributed by atoms with Crippen molar-refractivity contribution in [1.29, 1.82) is 0 Å². The monoisotopic (exact) mass is 263 g/mol. The first-order valence-electron chi connectivity index (χ1n) is 6.78. The molecule has 104 valence electrons. The van der Waals surface area contributed by atoms with Crippen LogP contribution in [0.3, 0.4) is 0 Å². The molecule has 1 aromatic rings. The Kier molecular flexibility index (Phi) is 4.31. The topological polar surface area (TPSA) is 92.9 Å². The van der Waals surface area contributed by atoms with Gasteiger partial charge in [-0.25, -0.2) is 5.84 Å². The van der Waals surface area contributed by atoms with Crippen LogP contribution in [0.1, 0.15) is 49.5 Å². The smallest absolute Gasteiger partial charge is 0.271 e. The molecule has 0 radical (unpaired) electrons. The molecule has 0 spiro atoms. The molecule has 19 heavy (non-hydrogen) atoms. The second-order valence-electron chi connectivity index (χ2n) is 5.19. The first-order valence-corrected chi connectivity index (χ1v) is 6.78. The molecule has 1 aromatic heterocycles. The summed E-state index contributed by atoms with van der Waals surface area (Å²) in [5.74, 6) is 5.47. The van der Waals surface area contributed by atoms with E-state index < -0.39 is 0 Å². The van der Waals surface area contributed by atoms with Crippen molar-refractivity contribution < 1.29 is 4.79 Å². The van der Waals surface area contributed by atoms with Crippen LogP contribution in [0, 0.1) is 5.41 Å². The highest BCUT2D eigenvalue weighted by atomic mass is 16.1. The quantitative estimate of drug-likeness (QED) is 0.552. The van der Waals surface area contributed by atoms with Crippen molar-refractivity contribution in [1.82, 2.24) is 15.5 Å². The second-order valence-corrected chi connectivity index (χ2v) is 5.19. The predicted molar refractivity (Wildman–Crippen MR) is 73.4 cm³/mol. The molecule has 0 bridgehead atoms. The lowest BCUT2D eigenvalue weighted by Crippen LogP contribution is -2.36. The number of carbonyl (C=O) groups is 1. The SMILES string of the molecule is CCC1(CNC(=O)c2ccc(NN)nn2)CCCC1. The highest BCUT2D eigenvalue weighted by Gasteiger charge is 2.32. The van der Waals surface area contributed by atoms with Crippen molar-refractivity contribution in [3.63, 3.8) is 0 Å². The summed E-state index contributed by atoms with van der Waals surface area (Å²) in [7, 11) is 0. The standard InChI is InChI=1S/C13H21N5O/c1-2-13(7-3-4-8-13)9-15-12(19)10-5-6-11(16-14)18-17-10/h5-6H,2-4,7-9,14H2,1H3,(H,15,19)(H,16,18). The molecule has 0 atom stereocenters. The minimum absolute atomic E-state index is 0.171. The van der Waals surface area contributed by atoms with E-state index in [1.54, 1.807) is 12.1 Å². The normalized spacial score (nSPS) is 17.2. The first kappa shape index (κ1) is 13.7. The molecular weight excluding hydrogens is 242 g/mol. The van der Waals surface area contributed by atoms with Gasteiger partial charge in [-0.2, -0.15) is 0 Å². The van der Waals surface area contributed by atoms with Gasteiger partial charge in [-0.3, -0.25) is 4.79 Å². The van der Waals surface area contributed by atoms with Gasteiger partial charge in [0.25, 0.3) is 5.91 Å². The molecular formula is C13H21N5O. The van der Waals surface area contributed by atoms with E-state index in [2.05, 4.69) is 27.9 Å². The highest BCUT2D eigenvalue weighted by Crippen LogP contribution is 2.40. The van der Waals surface area contributed by atoms with Gasteiger partial charge < -0.3 is 10.7 Å². The van der Waals surface area contributed by atoms with E-state index in [0.717, 1.165) is 13.0 Å². The molecule has 6 nitrogen and oxygen atoms in total. The number of nitrogens with two attached hydrogens (primary N) is 1. The molecule has 1 aliphatic carbocycles. The number of nitrogens with one attached hydrogen (secondary N) is 2. The summed E-state index contributed by atoms with van der Waals surface area (Å²) in [5, 5.41) is 10.6. The molecule has 1 saturated carbocycles. The third kappa shape index (κ3) is 3.20. The summed E-state index contributed by atoms with van der Waals surface area (Å²) >= 11 is 0. The fourth-order valence-corrected chi connectivity index (χ4v) is 2.67. The zero-order chi connectivity index (χ0) is 13.7. The fourth-order valence-electron chi connectivity index (χ4n) is 2.67. The summed E-state index contributed by atoms with van der Waals surface area (Å²) in [4.78, 5) is 12.0. The molecule has 1 fully saturated rings. The van der Waals surface area contributed by atoms with E-state index in [0.29, 0.717) is 11.5 Å². The number of anilines is 1. The zero-order valence-corrected chi connectivity index (χ0v) is 11.3. The van der Waals surface area contributed by atoms with Crippen molar-refractivity contribution >= 4 is 11.7 Å². The number of amides is 1. The average Bonchev–Trinajstić information content (AvgIpc) is 2.94. The van der Waals surface area contributed by atoms with Crippen LogP contribution in [0.15, 0.2) is 12.1 Å². The summed E-state index contributed by atoms with van der Waals surface area (Å²) in [6.07, 6.45) is 6.03.